The summed E-state index contributed by atoms with van der Waals surface area (Å²) >= 11 is 0. The maximum Gasteiger partial charge on any atom is 0.178 e. The first kappa shape index (κ1) is 15.7. The summed E-state index contributed by atoms with van der Waals surface area (Å²) in [7, 11) is 0. The molecular formula is C17H10F4O. The molecule has 0 atom stereocenters. The fourth-order valence-electron chi connectivity index (χ4n) is 1.64. The lowest BCUT2D eigenvalue weighted by atomic mass is 10.1. The van der Waals surface area contributed by atoms with Crippen molar-refractivity contribution >= 4 is 17.9 Å². The number of halogens is 4. The number of ketones is 1. The summed E-state index contributed by atoms with van der Waals surface area (Å²) in [4.78, 5) is 11.6. The van der Waals surface area contributed by atoms with Crippen molar-refractivity contribution in [2.75, 3.05) is 0 Å². The van der Waals surface area contributed by atoms with Crippen LogP contribution < -0.4 is 0 Å². The molecule has 0 aliphatic rings. The van der Waals surface area contributed by atoms with Crippen LogP contribution in [0.4, 0.5) is 17.6 Å². The van der Waals surface area contributed by atoms with Crippen LogP contribution in [-0.4, -0.2) is 5.78 Å². The van der Waals surface area contributed by atoms with Crippen LogP contribution >= 0.6 is 0 Å². The van der Waals surface area contributed by atoms with Crippen LogP contribution in [0.15, 0.2) is 48.6 Å². The van der Waals surface area contributed by atoms with E-state index in [1.165, 1.54) is 24.3 Å². The molecule has 0 bridgehead atoms. The molecule has 0 saturated heterocycles. The molecule has 0 spiro atoms. The summed E-state index contributed by atoms with van der Waals surface area (Å²) in [5.74, 6) is -4.39. The van der Waals surface area contributed by atoms with Crippen LogP contribution in [0.3, 0.4) is 0 Å². The highest BCUT2D eigenvalue weighted by atomic mass is 19.2. The lowest BCUT2D eigenvalue weighted by Gasteiger charge is -1.95. The number of carbonyl (C=O) groups is 1. The molecule has 0 N–H and O–H groups in total. The van der Waals surface area contributed by atoms with E-state index in [4.69, 9.17) is 0 Å². The van der Waals surface area contributed by atoms with E-state index < -0.39 is 29.1 Å². The summed E-state index contributed by atoms with van der Waals surface area (Å²) < 4.78 is 51.4. The van der Waals surface area contributed by atoms with Gasteiger partial charge in [-0.1, -0.05) is 24.3 Å². The van der Waals surface area contributed by atoms with Crippen molar-refractivity contribution in [1.29, 1.82) is 0 Å². The lowest BCUT2D eigenvalue weighted by molar-refractivity contribution is -0.110. The Hall–Kier alpha value is -2.69. The normalized spacial score (nSPS) is 11.5. The molecule has 2 aromatic rings. The van der Waals surface area contributed by atoms with Crippen LogP contribution in [0.25, 0.3) is 12.2 Å². The summed E-state index contributed by atoms with van der Waals surface area (Å²) in [6, 6.07) is 6.46. The number of hydrogen-bond donors (Lipinski definition) is 0. The molecule has 112 valence electrons. The van der Waals surface area contributed by atoms with Crippen molar-refractivity contribution in [3.05, 3.63) is 82.9 Å². The third-order valence-electron chi connectivity index (χ3n) is 2.77. The molecule has 0 radical (unpaired) electrons. The van der Waals surface area contributed by atoms with Crippen molar-refractivity contribution in [3.63, 3.8) is 0 Å². The Morgan fingerprint density at radius 1 is 0.682 bits per heavy atom. The van der Waals surface area contributed by atoms with E-state index in [1.807, 2.05) is 0 Å². The van der Waals surface area contributed by atoms with Crippen LogP contribution in [-0.2, 0) is 4.79 Å². The average Bonchev–Trinajstić information content (AvgIpc) is 2.49. The number of hydrogen-bond acceptors (Lipinski definition) is 1. The smallest absolute Gasteiger partial charge is 0.178 e. The second-order valence-corrected chi connectivity index (χ2v) is 4.42. The van der Waals surface area contributed by atoms with Crippen molar-refractivity contribution < 1.29 is 22.4 Å². The number of allylic oxidation sites excluding steroid dienone is 2. The Labute approximate surface area is 124 Å². The minimum atomic E-state index is -1.01. The average molecular weight is 306 g/mol. The molecule has 2 aromatic carbocycles. The molecule has 0 amide bonds. The molecule has 0 aliphatic carbocycles. The zero-order chi connectivity index (χ0) is 16.1. The molecule has 22 heavy (non-hydrogen) atoms. The topological polar surface area (TPSA) is 17.1 Å². The summed E-state index contributed by atoms with van der Waals surface area (Å²) in [6.07, 6.45) is 4.95. The van der Waals surface area contributed by atoms with Crippen LogP contribution in [0.1, 0.15) is 11.1 Å². The maximum atomic E-state index is 13.0. The molecule has 0 heterocycles. The van der Waals surface area contributed by atoms with Gasteiger partial charge in [0.25, 0.3) is 0 Å². The van der Waals surface area contributed by atoms with Gasteiger partial charge in [-0.25, -0.2) is 17.6 Å². The molecule has 0 fully saturated rings. The lowest BCUT2D eigenvalue weighted by Crippen LogP contribution is -1.88. The Morgan fingerprint density at radius 2 is 1.09 bits per heavy atom. The largest absolute Gasteiger partial charge is 0.290 e. The number of carbonyl (C=O) groups excluding carboxylic acids is 1. The van der Waals surface area contributed by atoms with Gasteiger partial charge >= 0.3 is 0 Å². The second kappa shape index (κ2) is 6.85. The van der Waals surface area contributed by atoms with Crippen LogP contribution in [0, 0.1) is 23.3 Å². The minimum absolute atomic E-state index is 0.327. The van der Waals surface area contributed by atoms with Crippen molar-refractivity contribution in [2.45, 2.75) is 0 Å². The van der Waals surface area contributed by atoms with Gasteiger partial charge in [0.15, 0.2) is 29.1 Å². The standard InChI is InChI=1S/C17H10F4O/c18-14-7-3-11(9-16(14)20)1-5-13(22)6-2-12-4-8-15(19)17(21)10-12/h1-10H/b5-1+,6-2+. The predicted molar refractivity (Wildman–Crippen MR) is 75.8 cm³/mol. The van der Waals surface area contributed by atoms with Gasteiger partial charge in [-0.15, -0.1) is 0 Å². The molecule has 5 heteroatoms. The highest BCUT2D eigenvalue weighted by Crippen LogP contribution is 2.11. The third-order valence-corrected chi connectivity index (χ3v) is 2.77. The van der Waals surface area contributed by atoms with Crippen molar-refractivity contribution in [2.24, 2.45) is 0 Å². The van der Waals surface area contributed by atoms with Gasteiger partial charge in [0.05, 0.1) is 0 Å². The zero-order valence-corrected chi connectivity index (χ0v) is 11.2. The fraction of sp³-hybridized carbons (Fsp3) is 0. The SMILES string of the molecule is O=C(/C=C/c1ccc(F)c(F)c1)/C=C/c1ccc(F)c(F)c1. The first-order valence-corrected chi connectivity index (χ1v) is 6.26. The number of benzene rings is 2. The van der Waals surface area contributed by atoms with E-state index in [-0.39, 0.29) is 0 Å². The van der Waals surface area contributed by atoms with Crippen LogP contribution in [0.5, 0.6) is 0 Å². The van der Waals surface area contributed by atoms with Gasteiger partial charge in [-0.05, 0) is 47.5 Å². The molecular weight excluding hydrogens is 296 g/mol. The van der Waals surface area contributed by atoms with Gasteiger partial charge in [0.2, 0.25) is 0 Å². The Kier molecular flexibility index (Phi) is 4.88. The minimum Gasteiger partial charge on any atom is -0.290 e. The molecule has 0 aliphatic heterocycles. The van der Waals surface area contributed by atoms with E-state index in [0.717, 1.165) is 36.4 Å². The molecule has 0 aromatic heterocycles. The second-order valence-electron chi connectivity index (χ2n) is 4.42. The maximum absolute atomic E-state index is 13.0. The van der Waals surface area contributed by atoms with E-state index in [1.54, 1.807) is 0 Å². The molecule has 0 saturated carbocycles. The van der Waals surface area contributed by atoms with Gasteiger partial charge in [0, 0.05) is 0 Å². The third kappa shape index (κ3) is 4.15. The molecule has 2 rings (SSSR count). The van der Waals surface area contributed by atoms with E-state index >= 15 is 0 Å². The summed E-state index contributed by atoms with van der Waals surface area (Å²) in [5, 5.41) is 0. The van der Waals surface area contributed by atoms with E-state index in [0.29, 0.717) is 11.1 Å². The molecule has 0 unspecified atom stereocenters. The fourth-order valence-corrected chi connectivity index (χ4v) is 1.64. The Bertz CT molecular complexity index is 700. The van der Waals surface area contributed by atoms with Gasteiger partial charge in [0.1, 0.15) is 0 Å². The Balaban J connectivity index is 2.05. The number of rotatable bonds is 4. The highest BCUT2D eigenvalue weighted by molar-refractivity contribution is 6.04. The van der Waals surface area contributed by atoms with E-state index in [9.17, 15) is 22.4 Å². The predicted octanol–water partition coefficient (Wildman–Crippen LogP) is 4.54. The Morgan fingerprint density at radius 3 is 1.45 bits per heavy atom. The zero-order valence-electron chi connectivity index (χ0n) is 11.2. The van der Waals surface area contributed by atoms with Crippen LogP contribution in [0.2, 0.25) is 0 Å². The first-order chi connectivity index (χ1) is 10.5. The molecule has 1 nitrogen and oxygen atoms in total. The first-order valence-electron chi connectivity index (χ1n) is 6.26. The van der Waals surface area contributed by atoms with Gasteiger partial charge < -0.3 is 0 Å². The monoisotopic (exact) mass is 306 g/mol. The van der Waals surface area contributed by atoms with Gasteiger partial charge in [-0.3, -0.25) is 4.79 Å². The van der Waals surface area contributed by atoms with Crippen molar-refractivity contribution in [3.8, 4) is 0 Å². The highest BCUT2D eigenvalue weighted by Gasteiger charge is 2.01. The van der Waals surface area contributed by atoms with E-state index in [2.05, 4.69) is 0 Å². The van der Waals surface area contributed by atoms with Gasteiger partial charge in [-0.2, -0.15) is 0 Å². The summed E-state index contributed by atoms with van der Waals surface area (Å²) in [6.45, 7) is 0. The summed E-state index contributed by atoms with van der Waals surface area (Å²) in [5.41, 5.74) is 0.655. The van der Waals surface area contributed by atoms with Crippen molar-refractivity contribution in [1.82, 2.24) is 0 Å². The quantitative estimate of drug-likeness (QED) is 0.599.